The standard InChI is InChI=1S/C41H54O9/c1-7-24(2)36-27(5)18-19-40(50-36)22-32-21-31(49-40)17-16-26(4)35(48-38(43)29-13-9-8-10-14-29)25(3)12-11-15-30-23-46-37-34(42)28(6)20-33(39(44)47-32)41(30,37)45/h8-16,20,24-25,27,31-37,42,45H,7,17-19,21-23H2,1-6H3/b12-11+,26-16+,30-15+/t24?,25-,27-,31+,32-,33-,34+,35-,36+,37+,40+,41+/m0/s1. The van der Waals surface area contributed by atoms with Crippen LogP contribution in [0.2, 0.25) is 0 Å². The summed E-state index contributed by atoms with van der Waals surface area (Å²) in [4.78, 5) is 27.5. The van der Waals surface area contributed by atoms with Crippen LogP contribution in [0.5, 0.6) is 0 Å². The molecule has 0 aromatic heterocycles. The Kier molecular flexibility index (Phi) is 10.9. The number of rotatable bonds is 4. The molecule has 0 amide bonds. The predicted octanol–water partition coefficient (Wildman–Crippen LogP) is 6.40. The van der Waals surface area contributed by atoms with E-state index in [9.17, 15) is 19.8 Å². The third-order valence-corrected chi connectivity index (χ3v) is 11.7. The molecule has 1 aromatic carbocycles. The number of carbonyl (C=O) groups excluding carboxylic acids is 2. The van der Waals surface area contributed by atoms with Crippen LogP contribution in [0, 0.1) is 23.7 Å². The van der Waals surface area contributed by atoms with Gasteiger partial charge in [0.25, 0.3) is 0 Å². The number of carbonyl (C=O) groups is 2. The van der Waals surface area contributed by atoms with Gasteiger partial charge in [-0.2, -0.15) is 0 Å². The third kappa shape index (κ3) is 7.17. The van der Waals surface area contributed by atoms with E-state index in [1.165, 1.54) is 0 Å². The summed E-state index contributed by atoms with van der Waals surface area (Å²) in [6, 6.07) is 8.94. The van der Waals surface area contributed by atoms with E-state index in [1.54, 1.807) is 49.4 Å². The van der Waals surface area contributed by atoms with Gasteiger partial charge in [0.2, 0.25) is 0 Å². The molecule has 9 heteroatoms. The first kappa shape index (κ1) is 36.7. The van der Waals surface area contributed by atoms with E-state index in [-0.39, 0.29) is 24.7 Å². The van der Waals surface area contributed by atoms with E-state index >= 15 is 0 Å². The van der Waals surface area contributed by atoms with Crippen molar-refractivity contribution < 1.29 is 43.5 Å². The third-order valence-electron chi connectivity index (χ3n) is 11.7. The highest BCUT2D eigenvalue weighted by atomic mass is 16.7. The van der Waals surface area contributed by atoms with Crippen LogP contribution in [0.25, 0.3) is 0 Å². The molecule has 0 radical (unpaired) electrons. The van der Waals surface area contributed by atoms with Crippen molar-refractivity contribution in [2.24, 2.45) is 23.7 Å². The molecule has 6 rings (SSSR count). The molecule has 2 bridgehead atoms. The molecule has 4 aliphatic heterocycles. The van der Waals surface area contributed by atoms with Crippen LogP contribution >= 0.6 is 0 Å². The van der Waals surface area contributed by atoms with Gasteiger partial charge in [-0.25, -0.2) is 4.79 Å². The van der Waals surface area contributed by atoms with Gasteiger partial charge in [-0.15, -0.1) is 0 Å². The monoisotopic (exact) mass is 690 g/mol. The van der Waals surface area contributed by atoms with Gasteiger partial charge in [0.05, 0.1) is 24.4 Å². The number of allylic oxidation sites excluding steroid dienone is 2. The number of esters is 2. The van der Waals surface area contributed by atoms with Gasteiger partial charge >= 0.3 is 11.9 Å². The van der Waals surface area contributed by atoms with Gasteiger partial charge in [0.1, 0.15) is 35.9 Å². The second-order valence-electron chi connectivity index (χ2n) is 15.3. The molecule has 3 fully saturated rings. The maximum atomic E-state index is 14.2. The lowest BCUT2D eigenvalue weighted by atomic mass is 9.71. The van der Waals surface area contributed by atoms with Crippen LogP contribution < -0.4 is 0 Å². The molecule has 1 aromatic rings. The minimum Gasteiger partial charge on any atom is -0.462 e. The number of ether oxygens (including phenoxy) is 5. The SMILES string of the molecule is CCC(C)[C@H]1O[C@]2(CC[C@@H]1C)C[C@@H]1C[C@@H](C/C=C(\C)[C@@H](OC(=O)c3ccccc3)[C@@H](C)/C=C/C=C3\CO[C@@H]4[C@H](O)C(C)=C[C@@H](C(=O)O1)[C@]34O)O2. The smallest absolute Gasteiger partial charge is 0.338 e. The Morgan fingerprint density at radius 2 is 1.86 bits per heavy atom. The average Bonchev–Trinajstić information content (AvgIpc) is 3.44. The lowest BCUT2D eigenvalue weighted by molar-refractivity contribution is -0.340. The summed E-state index contributed by atoms with van der Waals surface area (Å²) in [6.45, 7) is 12.3. The fourth-order valence-corrected chi connectivity index (χ4v) is 8.50. The number of fused-ring (bicyclic) bond motifs is 2. The molecule has 1 unspecified atom stereocenters. The number of benzene rings is 1. The highest BCUT2D eigenvalue weighted by Gasteiger charge is 2.60. The molecule has 1 aliphatic carbocycles. The van der Waals surface area contributed by atoms with Crippen molar-refractivity contribution in [2.75, 3.05) is 6.61 Å². The van der Waals surface area contributed by atoms with Gasteiger partial charge in [-0.3, -0.25) is 4.79 Å². The zero-order valence-corrected chi connectivity index (χ0v) is 30.2. The zero-order chi connectivity index (χ0) is 35.8. The van der Waals surface area contributed by atoms with Crippen molar-refractivity contribution in [1.82, 2.24) is 0 Å². The van der Waals surface area contributed by atoms with Crippen LogP contribution in [0.4, 0.5) is 0 Å². The lowest BCUT2D eigenvalue weighted by Gasteiger charge is -2.51. The molecule has 1 spiro atoms. The van der Waals surface area contributed by atoms with Crippen molar-refractivity contribution in [3.63, 3.8) is 0 Å². The fraction of sp³-hybridized carbons (Fsp3) is 0.610. The van der Waals surface area contributed by atoms with Crippen LogP contribution in [0.3, 0.4) is 0 Å². The molecule has 272 valence electrons. The molecule has 4 heterocycles. The fourth-order valence-electron chi connectivity index (χ4n) is 8.50. The molecular formula is C41H54O9. The van der Waals surface area contributed by atoms with Crippen molar-refractivity contribution in [2.45, 2.75) is 128 Å². The van der Waals surface area contributed by atoms with Crippen molar-refractivity contribution in [1.29, 1.82) is 0 Å². The van der Waals surface area contributed by atoms with Gasteiger partial charge < -0.3 is 33.9 Å². The van der Waals surface area contributed by atoms with Crippen LogP contribution in [0.15, 0.2) is 77.4 Å². The van der Waals surface area contributed by atoms with E-state index in [0.717, 1.165) is 18.4 Å². The number of hydrogen-bond donors (Lipinski definition) is 2. The number of hydrogen-bond acceptors (Lipinski definition) is 9. The van der Waals surface area contributed by atoms with Crippen molar-refractivity contribution in [3.8, 4) is 0 Å². The largest absolute Gasteiger partial charge is 0.462 e. The summed E-state index contributed by atoms with van der Waals surface area (Å²) in [5, 5.41) is 23.4. The quantitative estimate of drug-likeness (QED) is 0.273. The summed E-state index contributed by atoms with van der Waals surface area (Å²) in [7, 11) is 0. The molecule has 0 saturated carbocycles. The highest BCUT2D eigenvalue weighted by molar-refractivity contribution is 5.89. The summed E-state index contributed by atoms with van der Waals surface area (Å²) >= 11 is 0. The summed E-state index contributed by atoms with van der Waals surface area (Å²) in [6.07, 6.45) is 9.49. The van der Waals surface area contributed by atoms with E-state index in [2.05, 4.69) is 26.8 Å². The summed E-state index contributed by atoms with van der Waals surface area (Å²) < 4.78 is 32.2. The van der Waals surface area contributed by atoms with Gasteiger partial charge in [0, 0.05) is 25.2 Å². The predicted molar refractivity (Wildman–Crippen MR) is 188 cm³/mol. The molecule has 3 saturated heterocycles. The molecule has 2 N–H and O–H groups in total. The first-order chi connectivity index (χ1) is 23.8. The minimum absolute atomic E-state index is 0.00335. The second kappa shape index (κ2) is 14.9. The first-order valence-corrected chi connectivity index (χ1v) is 18.4. The molecule has 50 heavy (non-hydrogen) atoms. The van der Waals surface area contributed by atoms with Gasteiger partial charge in [-0.05, 0) is 67.4 Å². The minimum atomic E-state index is -1.81. The second-order valence-corrected chi connectivity index (χ2v) is 15.3. The Morgan fingerprint density at radius 3 is 2.60 bits per heavy atom. The Labute approximate surface area is 296 Å². The average molecular weight is 691 g/mol. The first-order valence-electron chi connectivity index (χ1n) is 18.4. The Bertz CT molecular complexity index is 1530. The lowest BCUT2D eigenvalue weighted by Crippen LogP contribution is -2.58. The molecular weight excluding hydrogens is 636 g/mol. The molecule has 12 atom stereocenters. The van der Waals surface area contributed by atoms with Crippen molar-refractivity contribution in [3.05, 3.63) is 83.0 Å². The van der Waals surface area contributed by atoms with Gasteiger partial charge in [0.15, 0.2) is 5.79 Å². The van der Waals surface area contributed by atoms with E-state index in [1.807, 2.05) is 26.0 Å². The normalized spacial score (nSPS) is 42.5. The molecule has 9 nitrogen and oxygen atoms in total. The van der Waals surface area contributed by atoms with E-state index < -0.39 is 53.7 Å². The van der Waals surface area contributed by atoms with Crippen LogP contribution in [-0.4, -0.2) is 76.8 Å². The number of aliphatic hydroxyl groups is 2. The Hall–Kier alpha value is -3.08. The maximum absolute atomic E-state index is 14.2. The summed E-state index contributed by atoms with van der Waals surface area (Å²) in [5.74, 6) is -2.54. The number of aliphatic hydroxyl groups excluding tert-OH is 1. The summed E-state index contributed by atoms with van der Waals surface area (Å²) in [5.41, 5.74) is 0.547. The van der Waals surface area contributed by atoms with Crippen molar-refractivity contribution >= 4 is 11.9 Å². The Balaban J connectivity index is 1.39. The topological polar surface area (TPSA) is 121 Å². The zero-order valence-electron chi connectivity index (χ0n) is 30.2. The van der Waals surface area contributed by atoms with E-state index in [0.29, 0.717) is 54.2 Å². The molecule has 5 aliphatic rings. The van der Waals surface area contributed by atoms with E-state index in [4.69, 9.17) is 23.7 Å². The maximum Gasteiger partial charge on any atom is 0.338 e. The highest BCUT2D eigenvalue weighted by Crippen LogP contribution is 2.48. The van der Waals surface area contributed by atoms with Crippen LogP contribution in [-0.2, 0) is 28.5 Å². The Morgan fingerprint density at radius 1 is 1.10 bits per heavy atom. The van der Waals surface area contributed by atoms with Crippen LogP contribution in [0.1, 0.15) is 90.4 Å². The van der Waals surface area contributed by atoms with Gasteiger partial charge in [-0.1, -0.05) is 82.7 Å².